The second-order valence-electron chi connectivity index (χ2n) is 10.7. The summed E-state index contributed by atoms with van der Waals surface area (Å²) in [7, 11) is 0. The van der Waals surface area contributed by atoms with E-state index in [0.717, 1.165) is 17.5 Å². The van der Waals surface area contributed by atoms with Gasteiger partial charge in [-0.3, -0.25) is 4.79 Å². The molecular weight excluding hydrogens is 502 g/mol. The molecule has 204 valence electrons. The minimum atomic E-state index is -1.09. The molecule has 39 heavy (non-hydrogen) atoms. The number of fused-ring (bicyclic) bond motifs is 1. The van der Waals surface area contributed by atoms with Crippen molar-refractivity contribution in [2.24, 2.45) is 11.8 Å². The number of carboxylic acids is 1. The van der Waals surface area contributed by atoms with E-state index in [-0.39, 0.29) is 46.9 Å². The number of rotatable bonds is 7. The predicted octanol–water partition coefficient (Wildman–Crippen LogP) is 4.72. The first-order valence-electron chi connectivity index (χ1n) is 13.4. The topological polar surface area (TPSA) is 86.6 Å². The molecule has 2 aliphatic heterocycles. The Hall–Kier alpha value is -3.88. The van der Waals surface area contributed by atoms with Crippen molar-refractivity contribution in [2.75, 3.05) is 24.5 Å². The van der Waals surface area contributed by atoms with Crippen molar-refractivity contribution < 1.29 is 23.5 Å². The highest BCUT2D eigenvalue weighted by molar-refractivity contribution is 5.88. The molecule has 7 nitrogen and oxygen atoms in total. The lowest BCUT2D eigenvalue weighted by Crippen LogP contribution is -2.49. The summed E-state index contributed by atoms with van der Waals surface area (Å²) in [5.74, 6) is -1.12. The lowest BCUT2D eigenvalue weighted by Gasteiger charge is -2.39. The van der Waals surface area contributed by atoms with Crippen molar-refractivity contribution in [3.05, 3.63) is 88.7 Å². The number of halogens is 2. The van der Waals surface area contributed by atoms with Crippen molar-refractivity contribution in [1.29, 1.82) is 0 Å². The predicted molar refractivity (Wildman–Crippen MR) is 143 cm³/mol. The first-order chi connectivity index (χ1) is 18.7. The molecule has 5 rings (SSSR count). The van der Waals surface area contributed by atoms with Gasteiger partial charge in [0.05, 0.1) is 11.3 Å². The van der Waals surface area contributed by atoms with Crippen LogP contribution in [0, 0.1) is 23.5 Å². The van der Waals surface area contributed by atoms with Crippen LogP contribution < -0.4 is 4.90 Å². The summed E-state index contributed by atoms with van der Waals surface area (Å²) >= 11 is 0. The number of carbonyl (C=O) groups excluding carboxylic acids is 1. The molecule has 2 aliphatic rings. The van der Waals surface area contributed by atoms with Crippen molar-refractivity contribution in [3.63, 3.8) is 0 Å². The Morgan fingerprint density at radius 1 is 1.00 bits per heavy atom. The molecule has 3 aromatic rings. The van der Waals surface area contributed by atoms with E-state index in [1.165, 1.54) is 30.5 Å². The van der Waals surface area contributed by atoms with Crippen LogP contribution in [0.1, 0.15) is 53.4 Å². The summed E-state index contributed by atoms with van der Waals surface area (Å²) in [5.41, 5.74) is 2.36. The third-order valence-corrected chi connectivity index (χ3v) is 7.94. The molecule has 2 saturated heterocycles. The van der Waals surface area contributed by atoms with Crippen molar-refractivity contribution in [2.45, 2.75) is 45.1 Å². The number of aromatic carboxylic acids is 1. The van der Waals surface area contributed by atoms with Crippen LogP contribution in [0.4, 0.5) is 14.7 Å². The van der Waals surface area contributed by atoms with Gasteiger partial charge in [-0.05, 0) is 54.7 Å². The zero-order valence-corrected chi connectivity index (χ0v) is 22.1. The number of likely N-dealkylation sites (tertiary alicyclic amines) is 1. The summed E-state index contributed by atoms with van der Waals surface area (Å²) in [5, 5.41) is 9.72. The quantitative estimate of drug-likeness (QED) is 0.472. The normalized spacial score (nSPS) is 20.8. The lowest BCUT2D eigenvalue weighted by atomic mass is 9.82. The molecule has 0 saturated carbocycles. The van der Waals surface area contributed by atoms with Crippen LogP contribution >= 0.6 is 0 Å². The smallest absolute Gasteiger partial charge is 0.339 e. The summed E-state index contributed by atoms with van der Waals surface area (Å²) in [6, 6.07) is 12.7. The molecule has 1 amide bonds. The highest BCUT2D eigenvalue weighted by Gasteiger charge is 2.47. The SMILES string of the molecule is CC(C)C(=O)N1C[C@H](c2ccc(F)cc2)[C@@H]2CN(c3ncc(C(=O)O)c(CCc4ccc(F)cc4)n3)CC[C@@H]21. The van der Waals surface area contributed by atoms with E-state index in [9.17, 15) is 23.5 Å². The standard InChI is InChI=1S/C30H32F2N4O3/c1-18(2)28(37)36-17-24(20-6-10-22(32)11-7-20)25-16-35(14-13-27(25)36)30-33-15-23(29(38)39)26(34-30)12-5-19-3-8-21(31)9-4-19/h3-4,6-11,15,18,24-25,27H,5,12-14,16-17H2,1-2H3,(H,38,39)/t24-,25+,27+/m1/s1. The van der Waals surface area contributed by atoms with Crippen molar-refractivity contribution >= 4 is 17.8 Å². The van der Waals surface area contributed by atoms with Gasteiger partial charge in [-0.2, -0.15) is 0 Å². The van der Waals surface area contributed by atoms with E-state index >= 15 is 0 Å². The number of hydrogen-bond acceptors (Lipinski definition) is 5. The van der Waals surface area contributed by atoms with E-state index in [4.69, 9.17) is 0 Å². The first-order valence-corrected chi connectivity index (χ1v) is 13.4. The average molecular weight is 535 g/mol. The Kier molecular flexibility index (Phi) is 7.59. The molecule has 2 aromatic carbocycles. The Labute approximate surface area is 226 Å². The van der Waals surface area contributed by atoms with Crippen LogP contribution in [0.2, 0.25) is 0 Å². The lowest BCUT2D eigenvalue weighted by molar-refractivity contribution is -0.135. The fraction of sp³-hybridized carbons (Fsp3) is 0.400. The maximum absolute atomic E-state index is 13.7. The zero-order chi connectivity index (χ0) is 27.7. The number of aryl methyl sites for hydroxylation is 2. The molecule has 3 atom stereocenters. The molecule has 0 radical (unpaired) electrons. The number of hydrogen-bond donors (Lipinski definition) is 1. The molecule has 2 fully saturated rings. The number of carboxylic acid groups (broad SMARTS) is 1. The molecule has 0 unspecified atom stereocenters. The number of piperidine rings is 1. The molecule has 0 bridgehead atoms. The summed E-state index contributed by atoms with van der Waals surface area (Å²) < 4.78 is 27.0. The minimum Gasteiger partial charge on any atom is -0.478 e. The van der Waals surface area contributed by atoms with Gasteiger partial charge in [0, 0.05) is 49.6 Å². The van der Waals surface area contributed by atoms with Gasteiger partial charge in [0.2, 0.25) is 11.9 Å². The van der Waals surface area contributed by atoms with Gasteiger partial charge in [0.15, 0.2) is 0 Å². The van der Waals surface area contributed by atoms with Gasteiger partial charge in [-0.25, -0.2) is 23.5 Å². The van der Waals surface area contributed by atoms with E-state index in [2.05, 4.69) is 14.9 Å². The first kappa shape index (κ1) is 26.7. The number of carbonyl (C=O) groups is 2. The third kappa shape index (κ3) is 5.62. The maximum atomic E-state index is 13.7. The second kappa shape index (κ2) is 11.1. The Morgan fingerprint density at radius 3 is 2.31 bits per heavy atom. The van der Waals surface area contributed by atoms with Crippen LogP contribution in [0.25, 0.3) is 0 Å². The minimum absolute atomic E-state index is 0.0392. The fourth-order valence-electron chi connectivity index (χ4n) is 5.91. The molecular formula is C30H32F2N4O3. The van der Waals surface area contributed by atoms with Crippen LogP contribution in [-0.4, -0.2) is 57.5 Å². The number of anilines is 1. The highest BCUT2D eigenvalue weighted by atomic mass is 19.1. The van der Waals surface area contributed by atoms with Gasteiger partial charge in [0.1, 0.15) is 11.6 Å². The van der Waals surface area contributed by atoms with Crippen LogP contribution in [-0.2, 0) is 17.6 Å². The molecule has 1 aromatic heterocycles. The number of aromatic nitrogens is 2. The number of nitrogens with zero attached hydrogens (tertiary/aromatic N) is 4. The fourth-order valence-corrected chi connectivity index (χ4v) is 5.91. The van der Waals surface area contributed by atoms with E-state index < -0.39 is 5.97 Å². The molecule has 0 aliphatic carbocycles. The molecule has 1 N–H and O–H groups in total. The Bertz CT molecular complexity index is 1350. The Morgan fingerprint density at radius 2 is 1.67 bits per heavy atom. The largest absolute Gasteiger partial charge is 0.478 e. The Balaban J connectivity index is 1.40. The highest BCUT2D eigenvalue weighted by Crippen LogP contribution is 2.42. The summed E-state index contributed by atoms with van der Waals surface area (Å²) in [6.07, 6.45) is 2.98. The van der Waals surface area contributed by atoms with Gasteiger partial charge in [-0.1, -0.05) is 38.1 Å². The van der Waals surface area contributed by atoms with E-state index in [0.29, 0.717) is 44.1 Å². The van der Waals surface area contributed by atoms with Gasteiger partial charge >= 0.3 is 5.97 Å². The van der Waals surface area contributed by atoms with Crippen LogP contribution in [0.15, 0.2) is 54.7 Å². The molecule has 0 spiro atoms. The number of benzene rings is 2. The molecule has 3 heterocycles. The van der Waals surface area contributed by atoms with Gasteiger partial charge in [-0.15, -0.1) is 0 Å². The summed E-state index contributed by atoms with van der Waals surface area (Å²) in [6.45, 7) is 5.61. The van der Waals surface area contributed by atoms with E-state index in [1.54, 1.807) is 24.3 Å². The van der Waals surface area contributed by atoms with Crippen molar-refractivity contribution in [1.82, 2.24) is 14.9 Å². The monoisotopic (exact) mass is 534 g/mol. The van der Waals surface area contributed by atoms with Crippen LogP contribution in [0.3, 0.4) is 0 Å². The van der Waals surface area contributed by atoms with E-state index in [1.807, 2.05) is 18.7 Å². The van der Waals surface area contributed by atoms with Crippen molar-refractivity contribution in [3.8, 4) is 0 Å². The molecule has 9 heteroatoms. The van der Waals surface area contributed by atoms with Gasteiger partial charge in [0.25, 0.3) is 0 Å². The second-order valence-corrected chi connectivity index (χ2v) is 10.7. The van der Waals surface area contributed by atoms with Crippen LogP contribution in [0.5, 0.6) is 0 Å². The zero-order valence-electron chi connectivity index (χ0n) is 22.1. The maximum Gasteiger partial charge on any atom is 0.339 e. The van der Waals surface area contributed by atoms with Gasteiger partial charge < -0.3 is 14.9 Å². The number of amides is 1. The summed E-state index contributed by atoms with van der Waals surface area (Å²) in [4.78, 5) is 38.1. The average Bonchev–Trinajstić information content (AvgIpc) is 3.31. The third-order valence-electron chi connectivity index (χ3n) is 7.94.